The minimum Gasteiger partial charge on any atom is -0.350 e. The van der Waals surface area contributed by atoms with Crippen molar-refractivity contribution < 1.29 is 10.0 Å². The van der Waals surface area contributed by atoms with Crippen LogP contribution in [0, 0.1) is 0 Å². The Bertz CT molecular complexity index is 733. The fourth-order valence-electron chi connectivity index (χ4n) is 2.98. The summed E-state index contributed by atoms with van der Waals surface area (Å²) >= 11 is 0. The second-order valence-corrected chi connectivity index (χ2v) is 6.32. The highest BCUT2D eigenvalue weighted by atomic mass is 16.5. The topological polar surface area (TPSA) is 90.4 Å². The first-order valence-electron chi connectivity index (χ1n) is 8.70. The van der Waals surface area contributed by atoms with Crippen LogP contribution in [0.15, 0.2) is 48.8 Å². The molecule has 1 aliphatic rings. The summed E-state index contributed by atoms with van der Waals surface area (Å²) in [5.74, 6) is -0.00239. The predicted octanol–water partition coefficient (Wildman–Crippen LogP) is 1.72. The molecule has 3 rings (SSSR count). The second-order valence-electron chi connectivity index (χ2n) is 6.32. The van der Waals surface area contributed by atoms with E-state index in [0.717, 1.165) is 32.5 Å². The van der Waals surface area contributed by atoms with Crippen molar-refractivity contribution in [3.8, 4) is 0 Å². The van der Waals surface area contributed by atoms with Crippen LogP contribution in [-0.4, -0.2) is 51.7 Å². The molecule has 7 nitrogen and oxygen atoms in total. The molecule has 1 fully saturated rings. The van der Waals surface area contributed by atoms with Crippen molar-refractivity contribution in [1.82, 2.24) is 20.3 Å². The van der Waals surface area contributed by atoms with Crippen molar-refractivity contribution in [3.05, 3.63) is 59.9 Å². The third-order valence-corrected chi connectivity index (χ3v) is 4.37. The Morgan fingerprint density at radius 1 is 1.27 bits per heavy atom. The number of carbonyl (C=O) groups is 1. The van der Waals surface area contributed by atoms with Crippen LogP contribution in [0.1, 0.15) is 17.5 Å². The normalized spacial score (nSPS) is 17.5. The third kappa shape index (κ3) is 5.37. The average Bonchev–Trinajstić information content (AvgIpc) is 3.13. The number of amides is 1. The van der Waals surface area contributed by atoms with Crippen molar-refractivity contribution in [2.24, 2.45) is 0 Å². The minimum atomic E-state index is -0.589. The van der Waals surface area contributed by atoms with Crippen molar-refractivity contribution in [1.29, 1.82) is 0 Å². The molecule has 3 N–H and O–H groups in total. The molecular formula is C19H23N5O2. The molecule has 1 aromatic heterocycles. The first-order chi connectivity index (χ1) is 12.7. The van der Waals surface area contributed by atoms with Gasteiger partial charge in [-0.3, -0.25) is 10.0 Å². The number of carbonyl (C=O) groups excluding carboxylic acids is 1. The van der Waals surface area contributed by atoms with Gasteiger partial charge in [-0.1, -0.05) is 30.3 Å². The molecule has 26 heavy (non-hydrogen) atoms. The molecule has 0 aliphatic carbocycles. The maximum atomic E-state index is 11.0. The lowest BCUT2D eigenvalue weighted by atomic mass is 10.1. The number of likely N-dealkylation sites (tertiary alicyclic amines) is 1. The molecule has 1 aromatic carbocycles. The van der Waals surface area contributed by atoms with Crippen LogP contribution in [0.25, 0.3) is 6.08 Å². The fraction of sp³-hybridized carbons (Fsp3) is 0.316. The first-order valence-corrected chi connectivity index (χ1v) is 8.70. The molecule has 1 aliphatic heterocycles. The zero-order valence-corrected chi connectivity index (χ0v) is 14.5. The van der Waals surface area contributed by atoms with Gasteiger partial charge in [0.2, 0.25) is 5.95 Å². The SMILES string of the molecule is O=C(C=Cc1cnc(N[C@@H]2CCN(CCc3ccccc3)C2)nc1)NO. The average molecular weight is 353 g/mol. The molecule has 136 valence electrons. The Labute approximate surface area is 152 Å². The van der Waals surface area contributed by atoms with E-state index in [1.807, 2.05) is 6.07 Å². The Balaban J connectivity index is 1.45. The summed E-state index contributed by atoms with van der Waals surface area (Å²) in [5.41, 5.74) is 3.59. The summed E-state index contributed by atoms with van der Waals surface area (Å²) in [6, 6.07) is 10.9. The van der Waals surface area contributed by atoms with Crippen molar-refractivity contribution >= 4 is 17.9 Å². The number of hydroxylamine groups is 1. The van der Waals surface area contributed by atoms with Crippen molar-refractivity contribution in [2.75, 3.05) is 25.0 Å². The molecule has 0 bridgehead atoms. The Morgan fingerprint density at radius 2 is 2.04 bits per heavy atom. The third-order valence-electron chi connectivity index (χ3n) is 4.37. The van der Waals surface area contributed by atoms with Crippen LogP contribution < -0.4 is 10.8 Å². The highest BCUT2D eigenvalue weighted by Crippen LogP contribution is 2.14. The number of aromatic nitrogens is 2. The lowest BCUT2D eigenvalue weighted by Gasteiger charge is -2.16. The molecule has 0 saturated carbocycles. The van der Waals surface area contributed by atoms with Crippen LogP contribution in [0.5, 0.6) is 0 Å². The highest BCUT2D eigenvalue weighted by Gasteiger charge is 2.22. The van der Waals surface area contributed by atoms with Crippen molar-refractivity contribution in [3.63, 3.8) is 0 Å². The van der Waals surface area contributed by atoms with Gasteiger partial charge in [-0.2, -0.15) is 0 Å². The van der Waals surface area contributed by atoms with Gasteiger partial charge in [-0.05, 0) is 24.5 Å². The van der Waals surface area contributed by atoms with Gasteiger partial charge >= 0.3 is 0 Å². The van der Waals surface area contributed by atoms with Crippen LogP contribution in [0.2, 0.25) is 0 Å². The minimum absolute atomic E-state index is 0.340. The van der Waals surface area contributed by atoms with Gasteiger partial charge in [0.15, 0.2) is 0 Å². The zero-order chi connectivity index (χ0) is 18.2. The van der Waals surface area contributed by atoms with Gasteiger partial charge < -0.3 is 10.2 Å². The van der Waals surface area contributed by atoms with E-state index in [4.69, 9.17) is 5.21 Å². The van der Waals surface area contributed by atoms with Crippen LogP contribution in [-0.2, 0) is 11.2 Å². The van der Waals surface area contributed by atoms with Gasteiger partial charge in [0.25, 0.3) is 5.91 Å². The van der Waals surface area contributed by atoms with Gasteiger partial charge in [-0.15, -0.1) is 0 Å². The quantitative estimate of drug-likeness (QED) is 0.399. The van der Waals surface area contributed by atoms with E-state index in [9.17, 15) is 4.79 Å². The molecular weight excluding hydrogens is 330 g/mol. The van der Waals surface area contributed by atoms with Crippen molar-refractivity contribution in [2.45, 2.75) is 18.9 Å². The van der Waals surface area contributed by atoms with E-state index in [2.05, 4.69) is 44.5 Å². The van der Waals surface area contributed by atoms with E-state index < -0.39 is 5.91 Å². The molecule has 0 unspecified atom stereocenters. The number of nitrogens with one attached hydrogen (secondary N) is 2. The monoisotopic (exact) mass is 353 g/mol. The number of hydrogen-bond acceptors (Lipinski definition) is 6. The van der Waals surface area contributed by atoms with Gasteiger partial charge in [0.05, 0.1) is 0 Å². The summed E-state index contributed by atoms with van der Waals surface area (Å²) in [5, 5.41) is 11.8. The van der Waals surface area contributed by atoms with Gasteiger partial charge in [0.1, 0.15) is 0 Å². The van der Waals surface area contributed by atoms with Crippen LogP contribution in [0.3, 0.4) is 0 Å². The molecule has 1 atom stereocenters. The van der Waals surface area contributed by atoms with Crippen LogP contribution >= 0.6 is 0 Å². The van der Waals surface area contributed by atoms with Gasteiger partial charge in [0, 0.05) is 49.7 Å². The molecule has 1 saturated heterocycles. The Morgan fingerprint density at radius 3 is 2.77 bits per heavy atom. The molecule has 7 heteroatoms. The first kappa shape index (κ1) is 18.0. The smallest absolute Gasteiger partial charge is 0.267 e. The predicted molar refractivity (Wildman–Crippen MR) is 99.6 cm³/mol. The van der Waals surface area contributed by atoms with E-state index in [1.165, 1.54) is 23.2 Å². The Hall–Kier alpha value is -2.77. The summed E-state index contributed by atoms with van der Waals surface area (Å²) in [4.78, 5) is 22.0. The largest absolute Gasteiger partial charge is 0.350 e. The maximum absolute atomic E-state index is 11.0. The molecule has 0 radical (unpaired) electrons. The summed E-state index contributed by atoms with van der Waals surface area (Å²) < 4.78 is 0. The van der Waals surface area contributed by atoms with E-state index >= 15 is 0 Å². The fourth-order valence-corrected chi connectivity index (χ4v) is 2.98. The van der Waals surface area contributed by atoms with Gasteiger partial charge in [-0.25, -0.2) is 15.4 Å². The zero-order valence-electron chi connectivity index (χ0n) is 14.5. The number of hydrogen-bond donors (Lipinski definition) is 3. The Kier molecular flexibility index (Phi) is 6.29. The molecule has 1 amide bonds. The molecule has 0 spiro atoms. The summed E-state index contributed by atoms with van der Waals surface area (Å²) in [6.45, 7) is 3.11. The maximum Gasteiger partial charge on any atom is 0.267 e. The number of anilines is 1. The highest BCUT2D eigenvalue weighted by molar-refractivity contribution is 5.90. The number of nitrogens with zero attached hydrogens (tertiary/aromatic N) is 3. The lowest BCUT2D eigenvalue weighted by molar-refractivity contribution is -0.124. The second kappa shape index (κ2) is 9.07. The standard InChI is InChI=1S/C19H23N5O2/c25-18(23-26)7-6-16-12-20-19(21-13-16)22-17-9-11-24(14-17)10-8-15-4-2-1-3-5-15/h1-7,12-13,17,26H,8-11,14H2,(H,23,25)(H,20,21,22)/t17-/m1/s1. The summed E-state index contributed by atoms with van der Waals surface area (Å²) in [6.07, 6.45) is 8.16. The molecule has 2 aromatic rings. The lowest BCUT2D eigenvalue weighted by Crippen LogP contribution is -2.28. The summed E-state index contributed by atoms with van der Waals surface area (Å²) in [7, 11) is 0. The molecule has 2 heterocycles. The number of rotatable bonds is 7. The van der Waals surface area contributed by atoms with Crippen LogP contribution in [0.4, 0.5) is 5.95 Å². The van der Waals surface area contributed by atoms with E-state index in [-0.39, 0.29) is 0 Å². The number of benzene rings is 1. The van der Waals surface area contributed by atoms with E-state index in [1.54, 1.807) is 12.4 Å². The van der Waals surface area contributed by atoms with E-state index in [0.29, 0.717) is 17.6 Å².